The smallest absolute Gasteiger partial charge is 0.255 e. The lowest BCUT2D eigenvalue weighted by atomic mass is 10.1. The van der Waals surface area contributed by atoms with Gasteiger partial charge in [-0.05, 0) is 31.0 Å². The molecule has 27 heavy (non-hydrogen) atoms. The molecule has 0 bridgehead atoms. The SMILES string of the molecule is CCCCCCCCCCCCOCCCNC(=O)c1cc(N)ccc1O. The second-order valence-electron chi connectivity index (χ2n) is 7.18. The summed E-state index contributed by atoms with van der Waals surface area (Å²) >= 11 is 0. The summed E-state index contributed by atoms with van der Waals surface area (Å²) in [6.07, 6.45) is 14.0. The summed E-state index contributed by atoms with van der Waals surface area (Å²) < 4.78 is 5.62. The average Bonchev–Trinajstić information content (AvgIpc) is 2.66. The fraction of sp³-hybridized carbons (Fsp3) is 0.682. The summed E-state index contributed by atoms with van der Waals surface area (Å²) in [5.74, 6) is -0.367. The Morgan fingerprint density at radius 3 is 2.22 bits per heavy atom. The molecule has 0 fully saturated rings. The third kappa shape index (κ3) is 11.5. The van der Waals surface area contributed by atoms with E-state index in [4.69, 9.17) is 10.5 Å². The number of unbranched alkanes of at least 4 members (excludes halogenated alkanes) is 9. The molecule has 0 aromatic heterocycles. The quantitative estimate of drug-likeness (QED) is 0.214. The predicted molar refractivity (Wildman–Crippen MR) is 112 cm³/mol. The number of ether oxygens (including phenoxy) is 1. The lowest BCUT2D eigenvalue weighted by Crippen LogP contribution is -2.25. The number of carbonyl (C=O) groups excluding carboxylic acids is 1. The number of rotatable bonds is 16. The number of hydrogen-bond donors (Lipinski definition) is 3. The summed E-state index contributed by atoms with van der Waals surface area (Å²) in [6.45, 7) is 4.21. The Bertz CT molecular complexity index is 520. The van der Waals surface area contributed by atoms with Gasteiger partial charge in [0.05, 0.1) is 5.56 Å². The fourth-order valence-corrected chi connectivity index (χ4v) is 3.00. The number of amides is 1. The number of phenols is 1. The van der Waals surface area contributed by atoms with Crippen molar-refractivity contribution in [1.29, 1.82) is 0 Å². The summed E-state index contributed by atoms with van der Waals surface area (Å²) in [6, 6.07) is 4.47. The maximum absolute atomic E-state index is 12.0. The van der Waals surface area contributed by atoms with Crippen LogP contribution >= 0.6 is 0 Å². The van der Waals surface area contributed by atoms with Crippen LogP contribution in [0, 0.1) is 0 Å². The van der Waals surface area contributed by atoms with Gasteiger partial charge in [0.25, 0.3) is 5.91 Å². The third-order valence-corrected chi connectivity index (χ3v) is 4.66. The Labute approximate surface area is 164 Å². The van der Waals surface area contributed by atoms with Crippen LogP contribution in [0.3, 0.4) is 0 Å². The Morgan fingerprint density at radius 2 is 1.56 bits per heavy atom. The highest BCUT2D eigenvalue weighted by Crippen LogP contribution is 2.19. The molecule has 5 heteroatoms. The number of hydrogen-bond acceptors (Lipinski definition) is 4. The molecule has 154 valence electrons. The molecule has 1 rings (SSSR count). The van der Waals surface area contributed by atoms with Gasteiger partial charge >= 0.3 is 0 Å². The number of benzene rings is 1. The molecular formula is C22H38N2O3. The highest BCUT2D eigenvalue weighted by Gasteiger charge is 2.10. The summed E-state index contributed by atoms with van der Waals surface area (Å²) in [5, 5.41) is 12.5. The van der Waals surface area contributed by atoms with Gasteiger partial charge in [-0.2, -0.15) is 0 Å². The minimum Gasteiger partial charge on any atom is -0.507 e. The number of phenolic OH excluding ortho intramolecular Hbond substituents is 1. The van der Waals surface area contributed by atoms with Crippen LogP contribution < -0.4 is 11.1 Å². The van der Waals surface area contributed by atoms with Crippen LogP contribution in [0.25, 0.3) is 0 Å². The van der Waals surface area contributed by atoms with Gasteiger partial charge < -0.3 is 20.9 Å². The average molecular weight is 379 g/mol. The van der Waals surface area contributed by atoms with Gasteiger partial charge in [0.2, 0.25) is 0 Å². The number of anilines is 1. The van der Waals surface area contributed by atoms with E-state index in [2.05, 4.69) is 12.2 Å². The highest BCUT2D eigenvalue weighted by atomic mass is 16.5. The first kappa shape index (κ1) is 23.3. The standard InChI is InChI=1S/C22H38N2O3/c1-2-3-4-5-6-7-8-9-10-11-16-27-17-12-15-24-22(26)20-18-19(23)13-14-21(20)25/h13-14,18,25H,2-12,15-17,23H2,1H3,(H,24,26). The molecule has 1 aromatic carbocycles. The monoisotopic (exact) mass is 378 g/mol. The molecule has 0 unspecified atom stereocenters. The second kappa shape index (κ2) is 15.3. The molecular weight excluding hydrogens is 340 g/mol. The maximum Gasteiger partial charge on any atom is 0.255 e. The molecule has 0 spiro atoms. The lowest BCUT2D eigenvalue weighted by Gasteiger charge is -2.08. The van der Waals surface area contributed by atoms with Crippen molar-refractivity contribution in [2.45, 2.75) is 77.6 Å². The zero-order valence-corrected chi connectivity index (χ0v) is 17.0. The van der Waals surface area contributed by atoms with E-state index in [0.717, 1.165) is 19.4 Å². The molecule has 0 atom stereocenters. The minimum atomic E-state index is -0.311. The van der Waals surface area contributed by atoms with Crippen molar-refractivity contribution in [2.24, 2.45) is 0 Å². The van der Waals surface area contributed by atoms with E-state index in [1.54, 1.807) is 6.07 Å². The van der Waals surface area contributed by atoms with E-state index in [1.165, 1.54) is 69.9 Å². The molecule has 0 aliphatic heterocycles. The molecule has 0 saturated carbocycles. The van der Waals surface area contributed by atoms with Crippen molar-refractivity contribution < 1.29 is 14.6 Å². The van der Waals surface area contributed by atoms with Gasteiger partial charge in [0.1, 0.15) is 5.75 Å². The number of nitrogen functional groups attached to an aromatic ring is 1. The molecule has 0 radical (unpaired) electrons. The lowest BCUT2D eigenvalue weighted by molar-refractivity contribution is 0.0937. The first-order chi connectivity index (χ1) is 13.1. The molecule has 0 saturated heterocycles. The van der Waals surface area contributed by atoms with E-state index in [-0.39, 0.29) is 17.2 Å². The normalized spacial score (nSPS) is 10.9. The summed E-state index contributed by atoms with van der Waals surface area (Å²) in [5.41, 5.74) is 6.31. The summed E-state index contributed by atoms with van der Waals surface area (Å²) in [4.78, 5) is 12.0. The van der Waals surface area contributed by atoms with Gasteiger partial charge in [-0.15, -0.1) is 0 Å². The molecule has 1 aromatic rings. The molecule has 5 nitrogen and oxygen atoms in total. The first-order valence-electron chi connectivity index (χ1n) is 10.6. The van der Waals surface area contributed by atoms with E-state index >= 15 is 0 Å². The molecule has 1 amide bonds. The van der Waals surface area contributed by atoms with Gasteiger partial charge in [-0.25, -0.2) is 0 Å². The fourth-order valence-electron chi connectivity index (χ4n) is 3.00. The van der Waals surface area contributed by atoms with E-state index in [9.17, 15) is 9.90 Å². The second-order valence-corrected chi connectivity index (χ2v) is 7.18. The van der Waals surface area contributed by atoms with Crippen LogP contribution in [0.4, 0.5) is 5.69 Å². The summed E-state index contributed by atoms with van der Waals surface area (Å²) in [7, 11) is 0. The van der Waals surface area contributed by atoms with Crippen LogP contribution in [0.5, 0.6) is 5.75 Å². The van der Waals surface area contributed by atoms with Gasteiger partial charge in [-0.1, -0.05) is 64.7 Å². The van der Waals surface area contributed by atoms with Crippen molar-refractivity contribution in [1.82, 2.24) is 5.32 Å². The first-order valence-corrected chi connectivity index (χ1v) is 10.6. The van der Waals surface area contributed by atoms with Crippen molar-refractivity contribution in [2.75, 3.05) is 25.5 Å². The van der Waals surface area contributed by atoms with Crippen LogP contribution in [-0.4, -0.2) is 30.8 Å². The highest BCUT2D eigenvalue weighted by molar-refractivity contribution is 5.97. The predicted octanol–water partition coefficient (Wildman–Crippen LogP) is 5.03. The van der Waals surface area contributed by atoms with Crippen LogP contribution in [0.2, 0.25) is 0 Å². The number of nitrogens with two attached hydrogens (primary N) is 1. The van der Waals surface area contributed by atoms with E-state index in [1.807, 2.05) is 0 Å². The largest absolute Gasteiger partial charge is 0.507 e. The third-order valence-electron chi connectivity index (χ3n) is 4.66. The van der Waals surface area contributed by atoms with Crippen molar-refractivity contribution in [3.8, 4) is 5.75 Å². The van der Waals surface area contributed by atoms with Crippen LogP contribution in [-0.2, 0) is 4.74 Å². The zero-order valence-electron chi connectivity index (χ0n) is 17.0. The molecule has 0 heterocycles. The Morgan fingerprint density at radius 1 is 0.963 bits per heavy atom. The van der Waals surface area contributed by atoms with Crippen molar-refractivity contribution >= 4 is 11.6 Å². The maximum atomic E-state index is 12.0. The number of nitrogens with one attached hydrogen (secondary N) is 1. The topological polar surface area (TPSA) is 84.6 Å². The Kier molecular flexibility index (Phi) is 13.2. The van der Waals surface area contributed by atoms with E-state index < -0.39 is 0 Å². The van der Waals surface area contributed by atoms with Crippen LogP contribution in [0.1, 0.15) is 87.9 Å². The van der Waals surface area contributed by atoms with Crippen LogP contribution in [0.15, 0.2) is 18.2 Å². The van der Waals surface area contributed by atoms with Gasteiger partial charge in [0, 0.05) is 25.4 Å². The minimum absolute atomic E-state index is 0.0566. The molecule has 0 aliphatic carbocycles. The molecule has 4 N–H and O–H groups in total. The number of aromatic hydroxyl groups is 1. The number of carbonyl (C=O) groups is 1. The Balaban J connectivity index is 1.89. The van der Waals surface area contributed by atoms with Gasteiger partial charge in [-0.3, -0.25) is 4.79 Å². The Hall–Kier alpha value is -1.75. The van der Waals surface area contributed by atoms with E-state index in [0.29, 0.717) is 18.8 Å². The van der Waals surface area contributed by atoms with Gasteiger partial charge in [0.15, 0.2) is 0 Å². The molecule has 0 aliphatic rings. The zero-order chi connectivity index (χ0) is 19.7. The van der Waals surface area contributed by atoms with Crippen molar-refractivity contribution in [3.05, 3.63) is 23.8 Å². The van der Waals surface area contributed by atoms with Crippen molar-refractivity contribution in [3.63, 3.8) is 0 Å².